The lowest BCUT2D eigenvalue weighted by Gasteiger charge is -2.27. The van der Waals surface area contributed by atoms with Gasteiger partial charge in [-0.1, -0.05) is 89.9 Å². The van der Waals surface area contributed by atoms with Crippen molar-refractivity contribution in [1.29, 1.82) is 0 Å². The highest BCUT2D eigenvalue weighted by Gasteiger charge is 2.31. The lowest BCUT2D eigenvalue weighted by molar-refractivity contribution is 0.348. The van der Waals surface area contributed by atoms with Crippen molar-refractivity contribution in [1.82, 2.24) is 5.01 Å². The quantitative estimate of drug-likeness (QED) is 0.389. The Hall–Kier alpha value is -1.39. The van der Waals surface area contributed by atoms with Crippen molar-refractivity contribution >= 4 is 43.3 Å². The van der Waals surface area contributed by atoms with Crippen LogP contribution < -0.4 is 0 Å². The number of allylic oxidation sites excluding steroid dienone is 1. The summed E-state index contributed by atoms with van der Waals surface area (Å²) in [5, 5.41) is 7.36. The third-order valence-corrected chi connectivity index (χ3v) is 6.08. The van der Waals surface area contributed by atoms with Gasteiger partial charge in [0.05, 0.1) is 11.7 Å². The SMILES string of the molecule is CC(C)C/C=C(\c1ccc(Br)cc1)N1N=C(C(C)C)CC1c1ccc(Br)cc1. The zero-order valence-corrected chi connectivity index (χ0v) is 20.2. The maximum Gasteiger partial charge on any atom is 0.0828 e. The van der Waals surface area contributed by atoms with Crippen LogP contribution in [0.3, 0.4) is 0 Å². The van der Waals surface area contributed by atoms with E-state index in [1.165, 1.54) is 22.5 Å². The summed E-state index contributed by atoms with van der Waals surface area (Å²) in [5.74, 6) is 1.05. The molecule has 0 amide bonds. The number of hydrogen-bond acceptors (Lipinski definition) is 2. The van der Waals surface area contributed by atoms with Crippen molar-refractivity contribution in [3.05, 3.63) is 74.7 Å². The highest BCUT2D eigenvalue weighted by Crippen LogP contribution is 2.39. The molecule has 2 nitrogen and oxygen atoms in total. The summed E-state index contributed by atoms with van der Waals surface area (Å²) in [6.07, 6.45) is 4.35. The van der Waals surface area contributed by atoms with Crippen LogP contribution in [0.1, 0.15) is 57.7 Å². The Morgan fingerprint density at radius 2 is 1.57 bits per heavy atom. The van der Waals surface area contributed by atoms with Crippen molar-refractivity contribution in [2.45, 2.75) is 46.6 Å². The number of rotatable bonds is 6. The Bertz CT molecular complexity index is 849. The molecule has 0 spiro atoms. The summed E-state index contributed by atoms with van der Waals surface area (Å²) in [5.41, 5.74) is 4.97. The van der Waals surface area contributed by atoms with Crippen molar-refractivity contribution < 1.29 is 0 Å². The van der Waals surface area contributed by atoms with Gasteiger partial charge in [0.25, 0.3) is 0 Å². The van der Waals surface area contributed by atoms with Gasteiger partial charge in [0, 0.05) is 21.1 Å². The lowest BCUT2D eigenvalue weighted by atomic mass is 9.96. The van der Waals surface area contributed by atoms with Crippen LogP contribution in [0.4, 0.5) is 0 Å². The average Bonchev–Trinajstić information content (AvgIpc) is 3.09. The zero-order chi connectivity index (χ0) is 20.3. The number of hydrogen-bond donors (Lipinski definition) is 0. The molecule has 0 saturated heterocycles. The van der Waals surface area contributed by atoms with Crippen LogP contribution in [-0.4, -0.2) is 10.7 Å². The molecule has 2 aromatic carbocycles. The molecule has 2 aromatic rings. The van der Waals surface area contributed by atoms with E-state index < -0.39 is 0 Å². The van der Waals surface area contributed by atoms with Gasteiger partial charge in [-0.25, -0.2) is 0 Å². The van der Waals surface area contributed by atoms with E-state index in [0.717, 1.165) is 21.8 Å². The third-order valence-electron chi connectivity index (χ3n) is 5.02. The Morgan fingerprint density at radius 1 is 1.00 bits per heavy atom. The van der Waals surface area contributed by atoms with Crippen LogP contribution in [0, 0.1) is 11.8 Å². The smallest absolute Gasteiger partial charge is 0.0828 e. The number of hydrazone groups is 1. The summed E-state index contributed by atoms with van der Waals surface area (Å²) in [6, 6.07) is 17.5. The van der Waals surface area contributed by atoms with Gasteiger partial charge in [-0.2, -0.15) is 5.10 Å². The first kappa shape index (κ1) is 21.3. The van der Waals surface area contributed by atoms with Crippen molar-refractivity contribution in [2.75, 3.05) is 0 Å². The minimum atomic E-state index is 0.229. The van der Waals surface area contributed by atoms with E-state index in [0.29, 0.717) is 11.8 Å². The van der Waals surface area contributed by atoms with Gasteiger partial charge in [0.15, 0.2) is 0 Å². The molecule has 28 heavy (non-hydrogen) atoms. The molecule has 1 aliphatic rings. The van der Waals surface area contributed by atoms with Gasteiger partial charge in [-0.05, 0) is 53.6 Å². The molecular formula is C24H28Br2N2. The minimum Gasteiger partial charge on any atom is -0.257 e. The highest BCUT2D eigenvalue weighted by atomic mass is 79.9. The Labute approximate surface area is 186 Å². The molecule has 0 fully saturated rings. The summed E-state index contributed by atoms with van der Waals surface area (Å²) in [4.78, 5) is 0. The predicted molar refractivity (Wildman–Crippen MR) is 127 cm³/mol. The summed E-state index contributed by atoms with van der Waals surface area (Å²) in [7, 11) is 0. The van der Waals surface area contributed by atoms with Gasteiger partial charge >= 0.3 is 0 Å². The molecular weight excluding hydrogens is 476 g/mol. The fourth-order valence-electron chi connectivity index (χ4n) is 3.36. The van der Waals surface area contributed by atoms with Crippen LogP contribution in [0.5, 0.6) is 0 Å². The maximum absolute atomic E-state index is 5.10. The van der Waals surface area contributed by atoms with Crippen molar-refractivity contribution in [2.24, 2.45) is 16.9 Å². The molecule has 0 aromatic heterocycles. The van der Waals surface area contributed by atoms with E-state index in [1.807, 2.05) is 0 Å². The highest BCUT2D eigenvalue weighted by molar-refractivity contribution is 9.10. The molecule has 1 unspecified atom stereocenters. The summed E-state index contributed by atoms with van der Waals surface area (Å²) >= 11 is 7.12. The molecule has 0 saturated carbocycles. The van der Waals surface area contributed by atoms with E-state index in [-0.39, 0.29) is 6.04 Å². The molecule has 0 N–H and O–H groups in total. The Kier molecular flexibility index (Phi) is 7.16. The number of nitrogens with zero attached hydrogens (tertiary/aromatic N) is 2. The monoisotopic (exact) mass is 502 g/mol. The molecule has 0 bridgehead atoms. The molecule has 1 heterocycles. The first-order chi connectivity index (χ1) is 13.3. The lowest BCUT2D eigenvalue weighted by Crippen LogP contribution is -2.18. The van der Waals surface area contributed by atoms with Crippen LogP contribution in [0.25, 0.3) is 5.70 Å². The van der Waals surface area contributed by atoms with Gasteiger partial charge in [0.2, 0.25) is 0 Å². The summed E-state index contributed by atoms with van der Waals surface area (Å²) < 4.78 is 2.20. The number of benzene rings is 2. The molecule has 0 aliphatic carbocycles. The molecule has 4 heteroatoms. The second-order valence-electron chi connectivity index (χ2n) is 8.09. The Morgan fingerprint density at radius 3 is 2.11 bits per heavy atom. The molecule has 148 valence electrons. The van der Waals surface area contributed by atoms with Gasteiger partial charge < -0.3 is 0 Å². The van der Waals surface area contributed by atoms with Crippen molar-refractivity contribution in [3.8, 4) is 0 Å². The third kappa shape index (κ3) is 5.15. The number of halogens is 2. The minimum absolute atomic E-state index is 0.229. The van der Waals surface area contributed by atoms with Gasteiger partial charge in [-0.3, -0.25) is 5.01 Å². The van der Waals surface area contributed by atoms with Crippen LogP contribution in [0.2, 0.25) is 0 Å². The van der Waals surface area contributed by atoms with Crippen LogP contribution in [-0.2, 0) is 0 Å². The second-order valence-corrected chi connectivity index (χ2v) is 9.92. The van der Waals surface area contributed by atoms with E-state index in [4.69, 9.17) is 5.10 Å². The molecule has 1 atom stereocenters. The van der Waals surface area contributed by atoms with E-state index >= 15 is 0 Å². The molecule has 1 aliphatic heterocycles. The Balaban J connectivity index is 2.05. The van der Waals surface area contributed by atoms with E-state index in [1.54, 1.807) is 0 Å². The first-order valence-corrected chi connectivity index (χ1v) is 11.5. The normalized spacial score (nSPS) is 17.6. The summed E-state index contributed by atoms with van der Waals surface area (Å²) in [6.45, 7) is 8.99. The topological polar surface area (TPSA) is 15.6 Å². The van der Waals surface area contributed by atoms with Crippen molar-refractivity contribution in [3.63, 3.8) is 0 Å². The fraction of sp³-hybridized carbons (Fsp3) is 0.375. The van der Waals surface area contributed by atoms with E-state index in [9.17, 15) is 0 Å². The standard InChI is InChI=1S/C24H28Br2N2/c1-16(2)5-14-23(18-6-10-20(25)11-7-18)28-24(15-22(27-28)17(3)4)19-8-12-21(26)13-9-19/h6-14,16-17,24H,5,15H2,1-4H3/b23-14+. The average molecular weight is 504 g/mol. The zero-order valence-electron chi connectivity index (χ0n) is 17.0. The van der Waals surface area contributed by atoms with Gasteiger partial charge in [-0.15, -0.1) is 0 Å². The van der Waals surface area contributed by atoms with Gasteiger partial charge in [0.1, 0.15) is 0 Å². The fourth-order valence-corrected chi connectivity index (χ4v) is 3.89. The maximum atomic E-state index is 5.10. The second kappa shape index (κ2) is 9.41. The van der Waals surface area contributed by atoms with Crippen LogP contribution >= 0.6 is 31.9 Å². The van der Waals surface area contributed by atoms with Crippen LogP contribution in [0.15, 0.2) is 68.7 Å². The predicted octanol–water partition coefficient (Wildman–Crippen LogP) is 8.06. The largest absolute Gasteiger partial charge is 0.257 e. The first-order valence-electron chi connectivity index (χ1n) is 9.93. The molecule has 3 rings (SSSR count). The van der Waals surface area contributed by atoms with E-state index in [2.05, 4.69) is 119 Å². The molecule has 0 radical (unpaired) electrons.